The van der Waals surface area contributed by atoms with E-state index >= 15 is 0 Å². The van der Waals surface area contributed by atoms with Gasteiger partial charge in [0.15, 0.2) is 0 Å². The molecule has 1 aliphatic rings. The number of nitrogens with zero attached hydrogens (tertiary/aromatic N) is 1. The summed E-state index contributed by atoms with van der Waals surface area (Å²) in [5.74, 6) is -0.802. The minimum absolute atomic E-state index is 0.0773. The van der Waals surface area contributed by atoms with Gasteiger partial charge in [-0.3, -0.25) is 14.5 Å². The minimum Gasteiger partial charge on any atom is -0.494 e. The molecule has 3 heterocycles. The summed E-state index contributed by atoms with van der Waals surface area (Å²) in [5, 5.41) is 2.08. The molecule has 5 nitrogen and oxygen atoms in total. The highest BCUT2D eigenvalue weighted by atomic mass is 32.1. The number of carbonyl (C=O) groups is 2. The van der Waals surface area contributed by atoms with Crippen molar-refractivity contribution in [3.8, 4) is 9.75 Å². The quantitative estimate of drug-likeness (QED) is 0.779. The number of aryl methyl sites for hydroxylation is 1. The number of thiophene rings is 2. The summed E-state index contributed by atoms with van der Waals surface area (Å²) in [6.45, 7) is 2.20. The van der Waals surface area contributed by atoms with Gasteiger partial charge in [-0.05, 0) is 43.1 Å². The van der Waals surface area contributed by atoms with E-state index in [1.54, 1.807) is 23.3 Å². The summed E-state index contributed by atoms with van der Waals surface area (Å²) in [7, 11) is 0.721. The van der Waals surface area contributed by atoms with Crippen molar-refractivity contribution in [1.29, 1.82) is 0 Å². The van der Waals surface area contributed by atoms with Crippen molar-refractivity contribution in [3.05, 3.63) is 29.1 Å². The smallest absolute Gasteiger partial charge is 0.494 e. The molecule has 8 heteroatoms. The molecule has 3 rings (SSSR count). The standard InChI is InChI=1S/C14H14BNO4S2/c1-9-5-11(21-8-9)10-3-4-12(22-10)15-19-13(17)6-16(2)7-14(18)20-15/h3-5,8H,6-7H2,1-2H3. The van der Waals surface area contributed by atoms with Crippen LogP contribution < -0.4 is 4.78 Å². The number of likely N-dealkylation sites (N-methyl/N-ethyl adjacent to an activating group) is 1. The Hall–Kier alpha value is -1.64. The molecular formula is C14H14BNO4S2. The summed E-state index contributed by atoms with van der Waals surface area (Å²) < 4.78 is 11.2. The predicted octanol–water partition coefficient (Wildman–Crippen LogP) is 1.51. The second-order valence-corrected chi connectivity index (χ2v) is 7.20. The highest BCUT2D eigenvalue weighted by molar-refractivity contribution is 7.27. The molecule has 114 valence electrons. The molecule has 0 aliphatic carbocycles. The first-order valence-electron chi connectivity index (χ1n) is 6.74. The van der Waals surface area contributed by atoms with Crippen LogP contribution in [0.5, 0.6) is 0 Å². The summed E-state index contributed by atoms with van der Waals surface area (Å²) in [6.07, 6.45) is 0. The third kappa shape index (κ3) is 3.40. The summed E-state index contributed by atoms with van der Waals surface area (Å²) in [4.78, 5) is 27.3. The molecule has 0 N–H and O–H groups in total. The Labute approximate surface area is 136 Å². The van der Waals surface area contributed by atoms with Crippen LogP contribution in [0.1, 0.15) is 5.56 Å². The first-order valence-corrected chi connectivity index (χ1v) is 8.43. The second-order valence-electron chi connectivity index (χ2n) is 5.17. The molecule has 2 aromatic rings. The van der Waals surface area contributed by atoms with Crippen molar-refractivity contribution in [2.24, 2.45) is 0 Å². The van der Waals surface area contributed by atoms with Gasteiger partial charge >= 0.3 is 19.1 Å². The van der Waals surface area contributed by atoms with E-state index in [0.29, 0.717) is 4.78 Å². The van der Waals surface area contributed by atoms with Gasteiger partial charge in [0, 0.05) is 9.75 Å². The lowest BCUT2D eigenvalue weighted by atomic mass is 9.87. The maximum atomic E-state index is 11.8. The molecule has 0 saturated carbocycles. The Morgan fingerprint density at radius 3 is 2.41 bits per heavy atom. The molecule has 22 heavy (non-hydrogen) atoms. The lowest BCUT2D eigenvalue weighted by molar-refractivity contribution is -0.145. The number of rotatable bonds is 2. The maximum Gasteiger partial charge on any atom is 0.647 e. The van der Waals surface area contributed by atoms with Crippen LogP contribution >= 0.6 is 22.7 Å². The lowest BCUT2D eigenvalue weighted by Crippen LogP contribution is -2.47. The summed E-state index contributed by atoms with van der Waals surface area (Å²) in [5.41, 5.74) is 1.21. The number of hydrogen-bond acceptors (Lipinski definition) is 7. The largest absolute Gasteiger partial charge is 0.647 e. The van der Waals surface area contributed by atoms with Crippen molar-refractivity contribution in [2.45, 2.75) is 6.92 Å². The molecule has 2 aromatic heterocycles. The zero-order chi connectivity index (χ0) is 15.7. The van der Waals surface area contributed by atoms with E-state index in [-0.39, 0.29) is 13.1 Å². The highest BCUT2D eigenvalue weighted by Crippen LogP contribution is 2.30. The van der Waals surface area contributed by atoms with Gasteiger partial charge in [0.25, 0.3) is 0 Å². The molecule has 0 amide bonds. The monoisotopic (exact) mass is 335 g/mol. The van der Waals surface area contributed by atoms with Crippen LogP contribution in [0.15, 0.2) is 23.6 Å². The van der Waals surface area contributed by atoms with Crippen LogP contribution in [0.3, 0.4) is 0 Å². The van der Waals surface area contributed by atoms with Crippen molar-refractivity contribution < 1.29 is 18.9 Å². The molecule has 0 radical (unpaired) electrons. The number of hydrogen-bond donors (Lipinski definition) is 0. The zero-order valence-corrected chi connectivity index (χ0v) is 13.8. The van der Waals surface area contributed by atoms with Gasteiger partial charge in [-0.1, -0.05) is 0 Å². The van der Waals surface area contributed by atoms with Crippen LogP contribution in [-0.2, 0) is 18.9 Å². The van der Waals surface area contributed by atoms with Gasteiger partial charge in [0.2, 0.25) is 0 Å². The van der Waals surface area contributed by atoms with E-state index in [9.17, 15) is 9.59 Å². The fraction of sp³-hybridized carbons (Fsp3) is 0.286. The van der Waals surface area contributed by atoms with Gasteiger partial charge in [-0.15, -0.1) is 22.7 Å². The SMILES string of the molecule is Cc1csc(-c2ccc(B3OC(=O)CN(C)CC(=O)O3)s2)c1. The Kier molecular flexibility index (Phi) is 4.33. The molecule has 0 bridgehead atoms. The zero-order valence-electron chi connectivity index (χ0n) is 12.2. The van der Waals surface area contributed by atoms with E-state index in [2.05, 4.69) is 11.4 Å². The van der Waals surface area contributed by atoms with Crippen LogP contribution in [-0.4, -0.2) is 44.1 Å². The fourth-order valence-electron chi connectivity index (χ4n) is 2.12. The Morgan fingerprint density at radius 2 is 1.82 bits per heavy atom. The summed E-state index contributed by atoms with van der Waals surface area (Å²) in [6, 6.07) is 5.90. The third-order valence-corrected chi connectivity index (χ3v) is 5.46. The van der Waals surface area contributed by atoms with Crippen LogP contribution in [0.25, 0.3) is 9.75 Å². The topological polar surface area (TPSA) is 55.8 Å². The van der Waals surface area contributed by atoms with E-state index in [0.717, 1.165) is 9.75 Å². The lowest BCUT2D eigenvalue weighted by Gasteiger charge is -2.21. The predicted molar refractivity (Wildman–Crippen MR) is 87.4 cm³/mol. The third-order valence-electron chi connectivity index (χ3n) is 3.11. The van der Waals surface area contributed by atoms with Crippen LogP contribution in [0.4, 0.5) is 0 Å². The fourth-order valence-corrected chi connectivity index (χ4v) is 4.09. The van der Waals surface area contributed by atoms with Crippen LogP contribution in [0.2, 0.25) is 0 Å². The normalized spacial score (nSPS) is 16.9. The highest BCUT2D eigenvalue weighted by Gasteiger charge is 2.35. The molecule has 1 saturated heterocycles. The minimum atomic E-state index is -0.950. The van der Waals surface area contributed by atoms with Gasteiger partial charge in [0.05, 0.1) is 17.9 Å². The second kappa shape index (κ2) is 6.24. The van der Waals surface area contributed by atoms with E-state index < -0.39 is 19.1 Å². The van der Waals surface area contributed by atoms with Gasteiger partial charge in [-0.25, -0.2) is 0 Å². The average Bonchev–Trinajstić information content (AvgIpc) is 3.04. The molecule has 0 aromatic carbocycles. The van der Waals surface area contributed by atoms with Crippen molar-refractivity contribution in [1.82, 2.24) is 4.90 Å². The molecule has 0 unspecified atom stereocenters. The maximum absolute atomic E-state index is 11.8. The van der Waals surface area contributed by atoms with Gasteiger partial charge in [-0.2, -0.15) is 0 Å². The molecule has 0 spiro atoms. The molecule has 0 atom stereocenters. The first-order chi connectivity index (χ1) is 10.5. The Bertz CT molecular complexity index is 691. The summed E-state index contributed by atoms with van der Waals surface area (Å²) >= 11 is 3.13. The van der Waals surface area contributed by atoms with Gasteiger partial charge < -0.3 is 9.31 Å². The molecule has 1 aliphatic heterocycles. The van der Waals surface area contributed by atoms with Crippen molar-refractivity contribution in [2.75, 3.05) is 20.1 Å². The van der Waals surface area contributed by atoms with Crippen molar-refractivity contribution >= 4 is 46.5 Å². The van der Waals surface area contributed by atoms with Crippen LogP contribution in [0, 0.1) is 6.92 Å². The molecule has 1 fully saturated rings. The Balaban J connectivity index is 1.82. The van der Waals surface area contributed by atoms with Gasteiger partial charge in [0.1, 0.15) is 0 Å². The van der Waals surface area contributed by atoms with Crippen molar-refractivity contribution in [3.63, 3.8) is 0 Å². The van der Waals surface area contributed by atoms with E-state index in [1.165, 1.54) is 16.9 Å². The average molecular weight is 335 g/mol. The van der Waals surface area contributed by atoms with E-state index in [4.69, 9.17) is 9.31 Å². The molecular weight excluding hydrogens is 321 g/mol. The van der Waals surface area contributed by atoms with E-state index in [1.807, 2.05) is 19.1 Å². The number of carbonyl (C=O) groups excluding carboxylic acids is 2. The Morgan fingerprint density at radius 1 is 1.14 bits per heavy atom. The first kappa shape index (κ1) is 15.3.